The van der Waals surface area contributed by atoms with Crippen molar-refractivity contribution in [3.05, 3.63) is 12.0 Å². The van der Waals surface area contributed by atoms with Crippen LogP contribution in [0.3, 0.4) is 0 Å². The van der Waals surface area contributed by atoms with Gasteiger partial charge in [0.1, 0.15) is 11.9 Å². The van der Waals surface area contributed by atoms with Crippen LogP contribution in [0.2, 0.25) is 0 Å². The number of aliphatic hydroxyl groups is 2. The van der Waals surface area contributed by atoms with Crippen LogP contribution in [-0.2, 0) is 9.47 Å². The van der Waals surface area contributed by atoms with Crippen molar-refractivity contribution in [3.8, 4) is 6.07 Å². The topological polar surface area (TPSA) is 153 Å². The molecule has 1 aromatic rings. The maximum absolute atomic E-state index is 9.56. The van der Waals surface area contributed by atoms with E-state index in [2.05, 4.69) is 18.8 Å². The quantitative estimate of drug-likeness (QED) is 0.0479. The van der Waals surface area contributed by atoms with Gasteiger partial charge in [0.2, 0.25) is 0 Å². The summed E-state index contributed by atoms with van der Waals surface area (Å²) in [4.78, 5) is 3.94. The minimum atomic E-state index is -0.296. The van der Waals surface area contributed by atoms with E-state index in [1.54, 1.807) is 4.57 Å². The predicted molar refractivity (Wildman–Crippen MR) is 233 cm³/mol. The summed E-state index contributed by atoms with van der Waals surface area (Å²) in [7, 11) is 0. The Morgan fingerprint density at radius 2 is 0.891 bits per heavy atom. The van der Waals surface area contributed by atoms with Crippen LogP contribution in [0.4, 0.5) is 5.82 Å². The van der Waals surface area contributed by atoms with Crippen LogP contribution >= 0.6 is 0 Å². The van der Waals surface area contributed by atoms with Crippen molar-refractivity contribution in [2.45, 2.75) is 231 Å². The van der Waals surface area contributed by atoms with Gasteiger partial charge in [0.25, 0.3) is 0 Å². The average molecular weight is 778 g/mol. The Morgan fingerprint density at radius 1 is 0.564 bits per heavy atom. The Kier molecular flexibility index (Phi) is 42.1. The van der Waals surface area contributed by atoms with Gasteiger partial charge in [-0.25, -0.2) is 4.98 Å². The molecule has 1 aromatic heterocycles. The van der Waals surface area contributed by atoms with Crippen molar-refractivity contribution in [3.63, 3.8) is 0 Å². The lowest BCUT2D eigenvalue weighted by atomic mass is 10.0. The van der Waals surface area contributed by atoms with E-state index in [4.69, 9.17) is 31.3 Å². The molecule has 0 aliphatic heterocycles. The molecule has 0 saturated heterocycles. The number of hydrogen-bond donors (Lipinski definition) is 4. The molecule has 1 rings (SSSR count). The molecule has 9 nitrogen and oxygen atoms in total. The molecule has 0 fully saturated rings. The molecular formula is C46H91N5O4. The Balaban J connectivity index is 0.00000110. The zero-order valence-corrected chi connectivity index (χ0v) is 36.3. The summed E-state index contributed by atoms with van der Waals surface area (Å²) in [6, 6.07) is 1.43. The first-order valence-electron chi connectivity index (χ1n) is 23.4. The number of nitrogens with zero attached hydrogens (tertiary/aromatic N) is 3. The number of anilines is 1. The number of hydrogen-bond acceptors (Lipinski definition) is 8. The number of nitrogens with two attached hydrogens (primary N) is 2. The predicted octanol–water partition coefficient (Wildman–Crippen LogP) is 11.7. The average Bonchev–Trinajstić information content (AvgIpc) is 3.58. The zero-order chi connectivity index (χ0) is 40.3. The lowest BCUT2D eigenvalue weighted by molar-refractivity contribution is 0.0753. The van der Waals surface area contributed by atoms with E-state index in [9.17, 15) is 5.11 Å². The van der Waals surface area contributed by atoms with Gasteiger partial charge < -0.3 is 35.7 Å². The number of unbranched alkanes of at least 4 members (excludes halogenated alkanes) is 30. The third kappa shape index (κ3) is 35.2. The fraction of sp³-hybridized carbons (Fsp3) is 0.913. The SMILES string of the molecule is CCCCCCCCCCCCCCCCCCOC[C@@H](N)CO.CCCCCCCCCCCCCCCCCCOC[C@H](CO)n1cnc(C#N)c1N. The van der Waals surface area contributed by atoms with Crippen molar-refractivity contribution in [2.24, 2.45) is 5.73 Å². The molecule has 1 heterocycles. The lowest BCUT2D eigenvalue weighted by Gasteiger charge is -2.17. The Morgan fingerprint density at radius 3 is 1.18 bits per heavy atom. The standard InChI is InChI=1S/C25H46N4O2.C21H45NO2/c1-2-3-4-5-6-7-8-9-10-11-12-13-14-15-16-17-18-31-21-23(20-30)29-22-28-24(19-26)25(29)27;1-2-3-4-5-6-7-8-9-10-11-12-13-14-15-16-17-18-24-20-21(22)19-23/h22-23,30H,2-18,20-21,27H2,1H3;21,23H,2-20,22H2,1H3/t23-;21-/m00/s1. The van der Waals surface area contributed by atoms with Crippen LogP contribution in [0, 0.1) is 11.3 Å². The molecule has 0 bridgehead atoms. The lowest BCUT2D eigenvalue weighted by Crippen LogP contribution is -2.30. The van der Waals surface area contributed by atoms with Crippen molar-refractivity contribution in [1.29, 1.82) is 5.26 Å². The van der Waals surface area contributed by atoms with E-state index in [0.29, 0.717) is 19.8 Å². The van der Waals surface area contributed by atoms with Crippen LogP contribution in [-0.4, -0.2) is 65.4 Å². The fourth-order valence-corrected chi connectivity index (χ4v) is 6.98. The van der Waals surface area contributed by atoms with E-state index < -0.39 is 0 Å². The number of imidazole rings is 1. The van der Waals surface area contributed by atoms with E-state index in [1.807, 2.05) is 6.07 Å². The van der Waals surface area contributed by atoms with Crippen LogP contribution in [0.1, 0.15) is 231 Å². The molecule has 0 spiro atoms. The molecule has 0 aliphatic carbocycles. The minimum Gasteiger partial charge on any atom is -0.395 e. The maximum atomic E-state index is 9.56. The van der Waals surface area contributed by atoms with Gasteiger partial charge in [0.15, 0.2) is 5.69 Å². The monoisotopic (exact) mass is 778 g/mol. The highest BCUT2D eigenvalue weighted by molar-refractivity contribution is 5.44. The third-order valence-electron chi connectivity index (χ3n) is 10.7. The Hall–Kier alpha value is -1.70. The van der Waals surface area contributed by atoms with Crippen molar-refractivity contribution in [1.82, 2.24) is 9.55 Å². The van der Waals surface area contributed by atoms with Gasteiger partial charge in [-0.15, -0.1) is 0 Å². The van der Waals surface area contributed by atoms with Crippen LogP contribution < -0.4 is 11.5 Å². The molecule has 0 aromatic carbocycles. The van der Waals surface area contributed by atoms with Crippen LogP contribution in [0.5, 0.6) is 0 Å². The summed E-state index contributed by atoms with van der Waals surface area (Å²) in [5.41, 5.74) is 11.6. The number of aliphatic hydroxyl groups excluding tert-OH is 2. The molecule has 55 heavy (non-hydrogen) atoms. The number of ether oxygens (including phenoxy) is 2. The van der Waals surface area contributed by atoms with Crippen molar-refractivity contribution in [2.75, 3.05) is 45.4 Å². The second-order valence-corrected chi connectivity index (χ2v) is 16.0. The number of rotatable bonds is 41. The fourth-order valence-electron chi connectivity index (χ4n) is 6.98. The van der Waals surface area contributed by atoms with E-state index >= 15 is 0 Å². The number of nitriles is 1. The molecule has 0 aliphatic rings. The molecule has 0 saturated carbocycles. The van der Waals surface area contributed by atoms with Gasteiger partial charge in [-0.05, 0) is 12.8 Å². The molecule has 6 N–H and O–H groups in total. The first kappa shape index (κ1) is 53.3. The van der Waals surface area contributed by atoms with Crippen molar-refractivity contribution < 1.29 is 19.7 Å². The second kappa shape index (κ2) is 43.4. The zero-order valence-electron chi connectivity index (χ0n) is 36.3. The first-order chi connectivity index (χ1) is 27.0. The molecule has 9 heteroatoms. The molecule has 0 amide bonds. The van der Waals surface area contributed by atoms with E-state index in [0.717, 1.165) is 19.4 Å². The van der Waals surface area contributed by atoms with Gasteiger partial charge in [0.05, 0.1) is 44.8 Å². The Bertz CT molecular complexity index is 940. The largest absolute Gasteiger partial charge is 0.395 e. The summed E-state index contributed by atoms with van der Waals surface area (Å²) in [5, 5.41) is 27.3. The highest BCUT2D eigenvalue weighted by Gasteiger charge is 2.16. The molecule has 324 valence electrons. The molecular weight excluding hydrogens is 687 g/mol. The molecule has 0 unspecified atom stereocenters. The molecule has 0 radical (unpaired) electrons. The maximum Gasteiger partial charge on any atom is 0.182 e. The number of nitrogen functional groups attached to an aromatic ring is 1. The van der Waals surface area contributed by atoms with E-state index in [1.165, 1.54) is 199 Å². The molecule has 2 atom stereocenters. The van der Waals surface area contributed by atoms with Crippen molar-refractivity contribution >= 4 is 5.82 Å². The summed E-state index contributed by atoms with van der Waals surface area (Å²) in [6.45, 7) is 6.81. The minimum absolute atomic E-state index is 0.0129. The van der Waals surface area contributed by atoms with Gasteiger partial charge in [-0.1, -0.05) is 206 Å². The van der Waals surface area contributed by atoms with Crippen LogP contribution in [0.15, 0.2) is 6.33 Å². The van der Waals surface area contributed by atoms with Gasteiger partial charge in [-0.2, -0.15) is 5.26 Å². The number of aromatic nitrogens is 2. The third-order valence-corrected chi connectivity index (χ3v) is 10.7. The Labute approximate surface area is 340 Å². The van der Waals surface area contributed by atoms with Gasteiger partial charge in [-0.3, -0.25) is 0 Å². The van der Waals surface area contributed by atoms with E-state index in [-0.39, 0.29) is 36.8 Å². The first-order valence-corrected chi connectivity index (χ1v) is 23.4. The highest BCUT2D eigenvalue weighted by atomic mass is 16.5. The summed E-state index contributed by atoms with van der Waals surface area (Å²) in [6.07, 6.45) is 45.4. The smallest absolute Gasteiger partial charge is 0.182 e. The normalized spacial score (nSPS) is 12.4. The van der Waals surface area contributed by atoms with Crippen LogP contribution in [0.25, 0.3) is 0 Å². The highest BCUT2D eigenvalue weighted by Crippen LogP contribution is 2.18. The second-order valence-electron chi connectivity index (χ2n) is 16.0. The summed E-state index contributed by atoms with van der Waals surface area (Å²) < 4.78 is 12.7. The summed E-state index contributed by atoms with van der Waals surface area (Å²) >= 11 is 0. The van der Waals surface area contributed by atoms with Gasteiger partial charge in [0, 0.05) is 13.2 Å². The summed E-state index contributed by atoms with van der Waals surface area (Å²) in [5.74, 6) is 0.285. The van der Waals surface area contributed by atoms with Gasteiger partial charge >= 0.3 is 0 Å².